The van der Waals surface area contributed by atoms with Gasteiger partial charge in [0.25, 0.3) is 0 Å². The number of thiazole rings is 1. The molecule has 1 amide bonds. The van der Waals surface area contributed by atoms with Crippen molar-refractivity contribution in [2.75, 3.05) is 53.4 Å². The van der Waals surface area contributed by atoms with Crippen molar-refractivity contribution in [3.63, 3.8) is 0 Å². The van der Waals surface area contributed by atoms with Gasteiger partial charge in [0, 0.05) is 102 Å². The highest BCUT2D eigenvalue weighted by molar-refractivity contribution is 7.09. The fourth-order valence-electron chi connectivity index (χ4n) is 10.5. The first-order valence-electron chi connectivity index (χ1n) is 25.5. The first-order valence-corrected chi connectivity index (χ1v) is 26.4. The van der Waals surface area contributed by atoms with Crippen LogP contribution >= 0.6 is 11.3 Å². The van der Waals surface area contributed by atoms with Crippen LogP contribution in [-0.4, -0.2) is 107 Å². The monoisotopic (exact) mass is 979 g/mol. The zero-order valence-corrected chi connectivity index (χ0v) is 44.5. The van der Waals surface area contributed by atoms with E-state index in [0.717, 1.165) is 99.0 Å². The predicted octanol–water partition coefficient (Wildman–Crippen LogP) is 10.7. The van der Waals surface area contributed by atoms with Crippen LogP contribution in [0.4, 0.5) is 0 Å². The van der Waals surface area contributed by atoms with E-state index in [0.29, 0.717) is 18.7 Å². The van der Waals surface area contributed by atoms with E-state index < -0.39 is 0 Å². The number of nitrogens with one attached hydrogen (secondary N) is 3. The van der Waals surface area contributed by atoms with Crippen molar-refractivity contribution in [2.45, 2.75) is 138 Å². The fourth-order valence-corrected chi connectivity index (χ4v) is 11.4. The third-order valence-corrected chi connectivity index (χ3v) is 15.0. The molecular formula is C57H90N10O2S. The lowest BCUT2D eigenvalue weighted by Crippen LogP contribution is -2.53. The maximum Gasteiger partial charge on any atom is 0.235 e. The molecule has 0 saturated carbocycles. The number of amides is 1. The summed E-state index contributed by atoms with van der Waals surface area (Å²) in [6.45, 7) is 37.6. The van der Waals surface area contributed by atoms with Crippen LogP contribution in [0.5, 0.6) is 0 Å². The van der Waals surface area contributed by atoms with E-state index in [2.05, 4.69) is 152 Å². The number of primary amides is 1. The summed E-state index contributed by atoms with van der Waals surface area (Å²) in [6, 6.07) is 11.9. The van der Waals surface area contributed by atoms with Crippen LogP contribution in [0.15, 0.2) is 92.5 Å². The molecule has 2 aliphatic heterocycles. The summed E-state index contributed by atoms with van der Waals surface area (Å²) in [5, 5.41) is 13.6. The molecular weight excluding hydrogens is 889 g/mol. The number of hydrogen-bond donors (Lipinski definition) is 4. The average Bonchev–Trinajstić information content (AvgIpc) is 3.92. The number of hydrazine groups is 1. The Balaban J connectivity index is 0.000000408. The minimum absolute atomic E-state index is 0. The summed E-state index contributed by atoms with van der Waals surface area (Å²) in [4.78, 5) is 26.4. The molecule has 13 heteroatoms. The molecule has 5 heterocycles. The number of carbonyl (C=O) groups is 1. The molecule has 0 bridgehead atoms. The van der Waals surface area contributed by atoms with Crippen LogP contribution in [0.25, 0.3) is 33.4 Å². The molecule has 2 saturated heterocycles. The number of nitrogens with two attached hydrogens (primary N) is 1. The van der Waals surface area contributed by atoms with E-state index in [4.69, 9.17) is 20.4 Å². The van der Waals surface area contributed by atoms with Crippen molar-refractivity contribution in [1.82, 2.24) is 45.4 Å². The Bertz CT molecular complexity index is 2290. The number of likely N-dealkylation sites (tertiary alicyclic amines) is 1. The Morgan fingerprint density at radius 2 is 1.90 bits per heavy atom. The second-order valence-electron chi connectivity index (χ2n) is 20.2. The molecule has 0 spiro atoms. The highest BCUT2D eigenvalue weighted by atomic mass is 32.1. The highest BCUT2D eigenvalue weighted by Gasteiger charge is 2.31. The summed E-state index contributed by atoms with van der Waals surface area (Å²) in [5.41, 5.74) is 18.2. The molecule has 386 valence electrons. The molecule has 2 fully saturated rings. The quantitative estimate of drug-likeness (QED) is 0.0289. The van der Waals surface area contributed by atoms with Gasteiger partial charge in [-0.05, 0) is 121 Å². The number of rotatable bonds is 25. The Morgan fingerprint density at radius 1 is 1.13 bits per heavy atom. The van der Waals surface area contributed by atoms with E-state index in [1.165, 1.54) is 47.0 Å². The molecule has 0 radical (unpaired) electrons. The molecule has 5 N–H and O–H groups in total. The molecule has 1 aromatic carbocycles. The maximum absolute atomic E-state index is 11.7. The minimum atomic E-state index is -0.219. The van der Waals surface area contributed by atoms with Gasteiger partial charge < -0.3 is 31.1 Å². The molecule has 4 aromatic rings. The second kappa shape index (κ2) is 27.7. The number of carbonyl (C=O) groups excluding carboxylic acids is 1. The predicted molar refractivity (Wildman–Crippen MR) is 297 cm³/mol. The zero-order chi connectivity index (χ0) is 50.3. The van der Waals surface area contributed by atoms with Gasteiger partial charge in [0.15, 0.2) is 0 Å². The van der Waals surface area contributed by atoms with Crippen molar-refractivity contribution < 1.29 is 9.53 Å². The van der Waals surface area contributed by atoms with Crippen molar-refractivity contribution in [3.8, 4) is 22.5 Å². The number of likely N-dealkylation sites (N-methyl/N-ethyl adjacent to an activating group) is 1. The van der Waals surface area contributed by atoms with Crippen molar-refractivity contribution in [2.24, 2.45) is 23.0 Å². The number of ether oxygens (including phenoxy) is 1. The van der Waals surface area contributed by atoms with Gasteiger partial charge in [-0.2, -0.15) is 0 Å². The van der Waals surface area contributed by atoms with E-state index in [1.807, 2.05) is 20.3 Å². The summed E-state index contributed by atoms with van der Waals surface area (Å²) < 4.78 is 8.23. The highest BCUT2D eigenvalue weighted by Crippen LogP contribution is 2.42. The Kier molecular flexibility index (Phi) is 22.9. The van der Waals surface area contributed by atoms with E-state index in [-0.39, 0.29) is 42.7 Å². The second-order valence-corrected chi connectivity index (χ2v) is 21.1. The number of allylic oxidation sites excluding steroid dienone is 1. The van der Waals surface area contributed by atoms with Crippen molar-refractivity contribution in [3.05, 3.63) is 109 Å². The molecule has 0 aliphatic carbocycles. The summed E-state index contributed by atoms with van der Waals surface area (Å²) >= 11 is 1.74. The lowest BCUT2D eigenvalue weighted by Gasteiger charge is -2.40. The van der Waals surface area contributed by atoms with Gasteiger partial charge in [0.1, 0.15) is 0 Å². The number of nitrogens with zero attached hydrogens (tertiary/aromatic N) is 6. The van der Waals surface area contributed by atoms with Gasteiger partial charge in [0.05, 0.1) is 41.0 Å². The third kappa shape index (κ3) is 14.9. The molecule has 2 aliphatic rings. The number of pyridine rings is 1. The van der Waals surface area contributed by atoms with Gasteiger partial charge in [-0.1, -0.05) is 80.3 Å². The number of aryl methyl sites for hydroxylation is 1. The summed E-state index contributed by atoms with van der Waals surface area (Å²) in [5.74, 6) is 0.297. The van der Waals surface area contributed by atoms with Crippen LogP contribution in [0.1, 0.15) is 117 Å². The van der Waals surface area contributed by atoms with Crippen LogP contribution in [0.2, 0.25) is 0 Å². The zero-order valence-electron chi connectivity index (χ0n) is 43.7. The summed E-state index contributed by atoms with van der Waals surface area (Å²) in [6.07, 6.45) is 15.8. The maximum atomic E-state index is 11.7. The lowest BCUT2D eigenvalue weighted by atomic mass is 9.84. The standard InChI is InChI=1S/C40H54N6OS.C16H32N4O.CH4/c1-10-29(28(6)46-21-15-16-27(5)44-46)23-37-43-35(25-48-37)30-18-19-36-32(22-30)33(24-40(7,8)26-47-13-4)39(45(36)12-3)31-17-14-20-42-38(31)34(11-2)41-9;1-5-18-9-11-20-10-7-6-8-14(20)12-19(4)15(13(2)3)16(17)21;/h10,13-14,17-20,22,25,28-29,34,41,44H,1,4-5,11-12,15-16,21,23-24,26H2,2-3,6-9H3;5,13-15,18H,1,6-12H2,2-4H3,(H2,17,21);1H4. The minimum Gasteiger partial charge on any atom is -0.501 e. The average molecular weight is 979 g/mol. The number of benzene rings is 1. The van der Waals surface area contributed by atoms with Gasteiger partial charge in [-0.3, -0.25) is 19.6 Å². The molecule has 6 rings (SSSR count). The van der Waals surface area contributed by atoms with E-state index in [1.54, 1.807) is 23.8 Å². The number of fused-ring (bicyclic) bond motifs is 1. The number of piperidine rings is 1. The normalized spacial score (nSPS) is 17.4. The third-order valence-electron chi connectivity index (χ3n) is 14.1. The van der Waals surface area contributed by atoms with Crippen LogP contribution < -0.4 is 21.8 Å². The SMILES string of the molecule is C.C=CNCCN1CCCCC1CN(C)C(C(N)=O)C(C)C.C=COCC(C)(C)Cc1c(-c2cccnc2C(CC)NC)n(CC)c2ccc(-c3csc(CC(C=C)C(C)N4CCCC(=C)N4)n3)cc12. The molecule has 70 heavy (non-hydrogen) atoms. The van der Waals surface area contributed by atoms with Gasteiger partial charge >= 0.3 is 0 Å². The van der Waals surface area contributed by atoms with Crippen LogP contribution in [0.3, 0.4) is 0 Å². The summed E-state index contributed by atoms with van der Waals surface area (Å²) in [7, 11) is 4.04. The molecule has 3 aromatic heterocycles. The Morgan fingerprint density at radius 3 is 2.54 bits per heavy atom. The lowest BCUT2D eigenvalue weighted by molar-refractivity contribution is -0.124. The van der Waals surface area contributed by atoms with Gasteiger partial charge in [-0.15, -0.1) is 17.9 Å². The van der Waals surface area contributed by atoms with E-state index in [9.17, 15) is 4.79 Å². The molecule has 5 unspecified atom stereocenters. The topological polar surface area (TPSA) is 129 Å². The van der Waals surface area contributed by atoms with Crippen molar-refractivity contribution >= 4 is 28.1 Å². The van der Waals surface area contributed by atoms with Crippen LogP contribution in [-0.2, 0) is 28.9 Å². The first kappa shape index (κ1) is 57.8. The fraction of sp³-hybridized carbons (Fsp3) is 0.561. The van der Waals surface area contributed by atoms with Crippen LogP contribution in [0, 0.1) is 17.3 Å². The van der Waals surface area contributed by atoms with E-state index >= 15 is 0 Å². The Labute approximate surface area is 426 Å². The van der Waals surface area contributed by atoms with Crippen molar-refractivity contribution in [1.29, 1.82) is 0 Å². The smallest absolute Gasteiger partial charge is 0.235 e. The van der Waals surface area contributed by atoms with Gasteiger partial charge in [-0.25, -0.2) is 9.99 Å². The molecule has 12 nitrogen and oxygen atoms in total. The first-order chi connectivity index (χ1) is 33.1. The van der Waals surface area contributed by atoms with Gasteiger partial charge in [0.2, 0.25) is 5.91 Å². The molecule has 5 atom stereocenters. The largest absolute Gasteiger partial charge is 0.501 e. The number of aromatic nitrogens is 3. The number of hydrogen-bond acceptors (Lipinski definition) is 11. The Hall–Kier alpha value is -4.79.